The zero-order chi connectivity index (χ0) is 23.3. The molecule has 3 aromatic rings. The van der Waals surface area contributed by atoms with E-state index in [1.165, 1.54) is 4.31 Å². The average Bonchev–Trinajstić information content (AvgIpc) is 2.84. The SMILES string of the molecule is Cc1ccc(S(=O)(=O)N2CCN(CC(O)COc3ccc(-c4ccccc4)cc3)CC2)cc1. The Labute approximate surface area is 196 Å². The summed E-state index contributed by atoms with van der Waals surface area (Å²) in [5, 5.41) is 10.4. The summed E-state index contributed by atoms with van der Waals surface area (Å²) in [7, 11) is -3.48. The number of hydrogen-bond donors (Lipinski definition) is 1. The van der Waals surface area contributed by atoms with Crippen molar-refractivity contribution in [2.75, 3.05) is 39.3 Å². The molecule has 1 atom stereocenters. The molecular formula is C26H30N2O4S. The van der Waals surface area contributed by atoms with Crippen LogP contribution in [0.25, 0.3) is 11.1 Å². The minimum atomic E-state index is -3.48. The van der Waals surface area contributed by atoms with Gasteiger partial charge >= 0.3 is 0 Å². The molecular weight excluding hydrogens is 436 g/mol. The summed E-state index contributed by atoms with van der Waals surface area (Å²) in [4.78, 5) is 2.40. The van der Waals surface area contributed by atoms with E-state index in [1.54, 1.807) is 12.1 Å². The highest BCUT2D eigenvalue weighted by atomic mass is 32.2. The van der Waals surface area contributed by atoms with Crippen LogP contribution in [0.1, 0.15) is 5.56 Å². The first-order valence-electron chi connectivity index (χ1n) is 11.2. The highest BCUT2D eigenvalue weighted by Gasteiger charge is 2.29. The maximum absolute atomic E-state index is 12.8. The number of aliphatic hydroxyl groups is 1. The first kappa shape index (κ1) is 23.4. The first-order valence-corrected chi connectivity index (χ1v) is 12.6. The maximum Gasteiger partial charge on any atom is 0.243 e. The third kappa shape index (κ3) is 6.00. The summed E-state index contributed by atoms with van der Waals surface area (Å²) in [5.74, 6) is 0.711. The lowest BCUT2D eigenvalue weighted by molar-refractivity contribution is 0.0569. The fourth-order valence-corrected chi connectivity index (χ4v) is 5.35. The average molecular weight is 467 g/mol. The van der Waals surface area contributed by atoms with Gasteiger partial charge in [0.2, 0.25) is 10.0 Å². The van der Waals surface area contributed by atoms with Crippen molar-refractivity contribution in [3.63, 3.8) is 0 Å². The summed E-state index contributed by atoms with van der Waals surface area (Å²) in [5.41, 5.74) is 3.29. The fraction of sp³-hybridized carbons (Fsp3) is 0.308. The Morgan fingerprint density at radius 2 is 1.45 bits per heavy atom. The number of β-amino-alcohol motifs (C(OH)–C–C–N with tert-alkyl or cyclic N) is 1. The van der Waals surface area contributed by atoms with Gasteiger partial charge in [-0.3, -0.25) is 4.90 Å². The summed E-state index contributed by atoms with van der Waals surface area (Å²) in [6.45, 7) is 4.54. The second-order valence-electron chi connectivity index (χ2n) is 8.37. The smallest absolute Gasteiger partial charge is 0.243 e. The summed E-state index contributed by atoms with van der Waals surface area (Å²) in [6.07, 6.45) is -0.654. The van der Waals surface area contributed by atoms with Gasteiger partial charge in [-0.2, -0.15) is 4.31 Å². The van der Waals surface area contributed by atoms with Crippen LogP contribution in [0.15, 0.2) is 83.8 Å². The van der Waals surface area contributed by atoms with Crippen molar-refractivity contribution >= 4 is 10.0 Å². The van der Waals surface area contributed by atoms with E-state index in [1.807, 2.05) is 61.5 Å². The minimum absolute atomic E-state index is 0.187. The number of rotatable bonds is 8. The molecule has 0 radical (unpaired) electrons. The molecule has 1 unspecified atom stereocenters. The monoisotopic (exact) mass is 466 g/mol. The van der Waals surface area contributed by atoms with E-state index in [9.17, 15) is 13.5 Å². The molecule has 1 N–H and O–H groups in total. The van der Waals surface area contributed by atoms with Crippen LogP contribution in [0.3, 0.4) is 0 Å². The standard InChI is InChI=1S/C26H30N2O4S/c1-21-7-13-26(14-8-21)33(30,31)28-17-15-27(16-18-28)19-24(29)20-32-25-11-9-23(10-12-25)22-5-3-2-4-6-22/h2-14,24,29H,15-20H2,1H3. The predicted octanol–water partition coefficient (Wildman–Crippen LogP) is 3.41. The number of sulfonamides is 1. The predicted molar refractivity (Wildman–Crippen MR) is 130 cm³/mol. The van der Waals surface area contributed by atoms with Crippen molar-refractivity contribution in [2.45, 2.75) is 17.9 Å². The van der Waals surface area contributed by atoms with Gasteiger partial charge in [-0.1, -0.05) is 60.2 Å². The molecule has 4 rings (SSSR count). The molecule has 6 nitrogen and oxygen atoms in total. The van der Waals surface area contributed by atoms with Crippen LogP contribution in [0.5, 0.6) is 5.75 Å². The largest absolute Gasteiger partial charge is 0.491 e. The number of hydrogen-bond acceptors (Lipinski definition) is 5. The zero-order valence-electron chi connectivity index (χ0n) is 18.8. The molecule has 1 saturated heterocycles. The Bertz CT molecular complexity index is 1130. The van der Waals surface area contributed by atoms with Crippen molar-refractivity contribution in [3.05, 3.63) is 84.4 Å². The molecule has 0 aromatic heterocycles. The van der Waals surface area contributed by atoms with Gasteiger partial charge in [0.15, 0.2) is 0 Å². The van der Waals surface area contributed by atoms with Crippen molar-refractivity contribution < 1.29 is 18.3 Å². The molecule has 174 valence electrons. The molecule has 7 heteroatoms. The number of benzene rings is 3. The van der Waals surface area contributed by atoms with Crippen molar-refractivity contribution in [1.29, 1.82) is 0 Å². The molecule has 1 fully saturated rings. The lowest BCUT2D eigenvalue weighted by atomic mass is 10.1. The fourth-order valence-electron chi connectivity index (χ4n) is 3.93. The van der Waals surface area contributed by atoms with E-state index < -0.39 is 16.1 Å². The van der Waals surface area contributed by atoms with Crippen LogP contribution in [0.4, 0.5) is 0 Å². The Morgan fingerprint density at radius 3 is 2.09 bits per heavy atom. The van der Waals surface area contributed by atoms with Gasteiger partial charge in [0, 0.05) is 32.7 Å². The minimum Gasteiger partial charge on any atom is -0.491 e. The molecule has 0 bridgehead atoms. The molecule has 1 aliphatic heterocycles. The number of aryl methyl sites for hydroxylation is 1. The van der Waals surface area contributed by atoms with Crippen LogP contribution in [0, 0.1) is 6.92 Å². The van der Waals surface area contributed by atoms with Crippen LogP contribution in [-0.2, 0) is 10.0 Å². The molecule has 0 spiro atoms. The van der Waals surface area contributed by atoms with Crippen LogP contribution < -0.4 is 4.74 Å². The second-order valence-corrected chi connectivity index (χ2v) is 10.3. The first-order chi connectivity index (χ1) is 15.9. The normalized spacial score (nSPS) is 16.4. The zero-order valence-corrected chi connectivity index (χ0v) is 19.6. The second kappa shape index (κ2) is 10.5. The Kier molecular flexibility index (Phi) is 7.45. The highest BCUT2D eigenvalue weighted by Crippen LogP contribution is 2.22. The van der Waals surface area contributed by atoms with Gasteiger partial charge in [-0.25, -0.2) is 8.42 Å². The third-order valence-electron chi connectivity index (χ3n) is 5.86. The summed E-state index contributed by atoms with van der Waals surface area (Å²) < 4.78 is 33.0. The van der Waals surface area contributed by atoms with Crippen molar-refractivity contribution in [3.8, 4) is 16.9 Å². The van der Waals surface area contributed by atoms with E-state index in [-0.39, 0.29) is 6.61 Å². The lowest BCUT2D eigenvalue weighted by Gasteiger charge is -2.34. The highest BCUT2D eigenvalue weighted by molar-refractivity contribution is 7.89. The van der Waals surface area contributed by atoms with Crippen LogP contribution >= 0.6 is 0 Å². The number of nitrogens with zero attached hydrogens (tertiary/aromatic N) is 2. The number of aliphatic hydroxyl groups excluding tert-OH is 1. The molecule has 0 saturated carbocycles. The summed E-state index contributed by atoms with van der Waals surface area (Å²) in [6, 6.07) is 24.9. The molecule has 0 amide bonds. The number of ether oxygens (including phenoxy) is 1. The molecule has 1 aliphatic rings. The van der Waals surface area contributed by atoms with Crippen molar-refractivity contribution in [2.24, 2.45) is 0 Å². The van der Waals surface area contributed by atoms with Gasteiger partial charge in [0.05, 0.1) is 4.90 Å². The Balaban J connectivity index is 1.23. The van der Waals surface area contributed by atoms with Crippen molar-refractivity contribution in [1.82, 2.24) is 9.21 Å². The van der Waals surface area contributed by atoms with E-state index in [0.717, 1.165) is 16.7 Å². The van der Waals surface area contributed by atoms with Gasteiger partial charge in [-0.15, -0.1) is 0 Å². The van der Waals surface area contributed by atoms with Gasteiger partial charge in [-0.05, 0) is 42.3 Å². The third-order valence-corrected chi connectivity index (χ3v) is 7.78. The van der Waals surface area contributed by atoms with E-state index in [4.69, 9.17) is 4.74 Å². The molecule has 0 aliphatic carbocycles. The molecule has 33 heavy (non-hydrogen) atoms. The van der Waals surface area contributed by atoms with E-state index in [0.29, 0.717) is 43.4 Å². The van der Waals surface area contributed by atoms with Crippen LogP contribution in [0.2, 0.25) is 0 Å². The lowest BCUT2D eigenvalue weighted by Crippen LogP contribution is -2.50. The molecule has 1 heterocycles. The topological polar surface area (TPSA) is 70.1 Å². The Hall–Kier alpha value is -2.71. The Morgan fingerprint density at radius 1 is 0.848 bits per heavy atom. The van der Waals surface area contributed by atoms with Gasteiger partial charge < -0.3 is 9.84 Å². The number of piperazine rings is 1. The maximum atomic E-state index is 12.8. The summed E-state index contributed by atoms with van der Waals surface area (Å²) >= 11 is 0. The quantitative estimate of drug-likeness (QED) is 0.551. The van der Waals surface area contributed by atoms with E-state index >= 15 is 0 Å². The van der Waals surface area contributed by atoms with Gasteiger partial charge in [0.1, 0.15) is 18.5 Å². The van der Waals surface area contributed by atoms with E-state index in [2.05, 4.69) is 17.0 Å². The molecule has 3 aromatic carbocycles. The van der Waals surface area contributed by atoms with Gasteiger partial charge in [0.25, 0.3) is 0 Å². The van der Waals surface area contributed by atoms with Crippen LogP contribution in [-0.4, -0.2) is 68.2 Å².